The third-order valence-corrected chi connectivity index (χ3v) is 4.95. The molecular formula is C21H21FN2O3. The standard InChI is InChI=1S/C21H21FN2O3/c22-16-10-8-15(9-11-16)20(18-7-4-12-26-18)23-21(25)17-13-19(27-24-17)14-5-2-1-3-6-14/h1-3,5-6,8-11,18-20H,4,7,12-13H2,(H,23,25)/t18-,19+,20-/m1/s1. The number of amides is 1. The molecule has 0 spiro atoms. The van der Waals surface area contributed by atoms with Gasteiger partial charge < -0.3 is 14.9 Å². The van der Waals surface area contributed by atoms with Gasteiger partial charge in [0.05, 0.1) is 12.1 Å². The molecule has 0 aliphatic carbocycles. The summed E-state index contributed by atoms with van der Waals surface area (Å²) in [5, 5.41) is 7.00. The molecule has 140 valence electrons. The smallest absolute Gasteiger partial charge is 0.269 e. The van der Waals surface area contributed by atoms with Crippen molar-refractivity contribution >= 4 is 11.6 Å². The molecule has 2 heterocycles. The van der Waals surface area contributed by atoms with Crippen LogP contribution in [0.5, 0.6) is 0 Å². The summed E-state index contributed by atoms with van der Waals surface area (Å²) in [6, 6.07) is 15.5. The van der Waals surface area contributed by atoms with E-state index in [4.69, 9.17) is 9.57 Å². The van der Waals surface area contributed by atoms with Gasteiger partial charge >= 0.3 is 0 Å². The maximum Gasteiger partial charge on any atom is 0.269 e. The van der Waals surface area contributed by atoms with Gasteiger partial charge in [-0.05, 0) is 36.1 Å². The Morgan fingerprint density at radius 2 is 1.93 bits per heavy atom. The molecule has 2 aromatic rings. The minimum atomic E-state index is -0.348. The summed E-state index contributed by atoms with van der Waals surface area (Å²) in [6.07, 6.45) is 1.82. The predicted molar refractivity (Wildman–Crippen MR) is 98.6 cm³/mol. The van der Waals surface area contributed by atoms with Crippen molar-refractivity contribution in [3.63, 3.8) is 0 Å². The van der Waals surface area contributed by atoms with Gasteiger partial charge in [0.1, 0.15) is 11.5 Å². The van der Waals surface area contributed by atoms with E-state index in [-0.39, 0.29) is 30.0 Å². The van der Waals surface area contributed by atoms with E-state index < -0.39 is 0 Å². The summed E-state index contributed by atoms with van der Waals surface area (Å²) < 4.78 is 19.1. The van der Waals surface area contributed by atoms with E-state index in [1.165, 1.54) is 12.1 Å². The van der Waals surface area contributed by atoms with Crippen LogP contribution in [0.4, 0.5) is 4.39 Å². The molecule has 0 unspecified atom stereocenters. The van der Waals surface area contributed by atoms with E-state index in [1.807, 2.05) is 30.3 Å². The highest BCUT2D eigenvalue weighted by molar-refractivity contribution is 6.39. The normalized spacial score (nSPS) is 22.8. The quantitative estimate of drug-likeness (QED) is 0.876. The Morgan fingerprint density at radius 1 is 1.15 bits per heavy atom. The van der Waals surface area contributed by atoms with Crippen molar-refractivity contribution < 1.29 is 18.8 Å². The maximum absolute atomic E-state index is 13.3. The topological polar surface area (TPSA) is 59.9 Å². The van der Waals surface area contributed by atoms with E-state index in [0.29, 0.717) is 18.7 Å². The highest BCUT2D eigenvalue weighted by Crippen LogP contribution is 2.29. The van der Waals surface area contributed by atoms with E-state index >= 15 is 0 Å². The van der Waals surface area contributed by atoms with Crippen LogP contribution in [-0.2, 0) is 14.4 Å². The number of hydrogen-bond acceptors (Lipinski definition) is 4. The molecule has 1 fully saturated rings. The van der Waals surface area contributed by atoms with Crippen molar-refractivity contribution in [1.82, 2.24) is 5.32 Å². The zero-order valence-corrected chi connectivity index (χ0v) is 14.8. The number of oxime groups is 1. The number of halogens is 1. The predicted octanol–water partition coefficient (Wildman–Crippen LogP) is 3.68. The Bertz CT molecular complexity index is 817. The summed E-state index contributed by atoms with van der Waals surface area (Å²) in [5.41, 5.74) is 2.16. The van der Waals surface area contributed by atoms with Gasteiger partial charge in [0.15, 0.2) is 6.10 Å². The number of ether oxygens (including phenoxy) is 1. The average Bonchev–Trinajstić information content (AvgIpc) is 3.40. The highest BCUT2D eigenvalue weighted by atomic mass is 19.1. The molecule has 2 aromatic carbocycles. The Balaban J connectivity index is 1.46. The second-order valence-electron chi connectivity index (χ2n) is 6.80. The monoisotopic (exact) mass is 368 g/mol. The molecule has 4 rings (SSSR count). The Kier molecular flexibility index (Phi) is 5.16. The Labute approximate surface area is 157 Å². The molecule has 0 radical (unpaired) electrons. The zero-order valence-electron chi connectivity index (χ0n) is 14.8. The molecule has 0 aromatic heterocycles. The first kappa shape index (κ1) is 17.7. The van der Waals surface area contributed by atoms with Crippen molar-refractivity contribution in [1.29, 1.82) is 0 Å². The fraction of sp³-hybridized carbons (Fsp3) is 0.333. The molecule has 5 nitrogen and oxygen atoms in total. The lowest BCUT2D eigenvalue weighted by Crippen LogP contribution is -2.39. The van der Waals surface area contributed by atoms with E-state index in [2.05, 4.69) is 10.5 Å². The summed E-state index contributed by atoms with van der Waals surface area (Å²) in [4.78, 5) is 18.2. The lowest BCUT2D eigenvalue weighted by atomic mass is 9.98. The fourth-order valence-electron chi connectivity index (χ4n) is 3.51. The minimum absolute atomic E-state index is 0.132. The second kappa shape index (κ2) is 7.88. The van der Waals surface area contributed by atoms with Crippen LogP contribution in [0.1, 0.15) is 42.5 Å². The van der Waals surface area contributed by atoms with Gasteiger partial charge in [-0.15, -0.1) is 0 Å². The van der Waals surface area contributed by atoms with Crippen LogP contribution in [0.2, 0.25) is 0 Å². The van der Waals surface area contributed by atoms with Crippen molar-refractivity contribution in [3.05, 3.63) is 71.5 Å². The van der Waals surface area contributed by atoms with E-state index in [1.54, 1.807) is 12.1 Å². The van der Waals surface area contributed by atoms with Gasteiger partial charge in [0.2, 0.25) is 0 Å². The number of carbonyl (C=O) groups is 1. The van der Waals surface area contributed by atoms with Gasteiger partial charge in [0.25, 0.3) is 5.91 Å². The first-order valence-corrected chi connectivity index (χ1v) is 9.16. The number of benzene rings is 2. The molecule has 2 aliphatic rings. The van der Waals surface area contributed by atoms with Crippen molar-refractivity contribution in [2.24, 2.45) is 5.16 Å². The van der Waals surface area contributed by atoms with Gasteiger partial charge in [-0.1, -0.05) is 47.6 Å². The Hall–Kier alpha value is -2.73. The number of nitrogens with one attached hydrogen (secondary N) is 1. The molecule has 27 heavy (non-hydrogen) atoms. The van der Waals surface area contributed by atoms with Crippen LogP contribution in [0, 0.1) is 5.82 Å². The average molecular weight is 368 g/mol. The molecule has 1 saturated heterocycles. The van der Waals surface area contributed by atoms with Crippen molar-refractivity contribution in [3.8, 4) is 0 Å². The van der Waals surface area contributed by atoms with E-state index in [9.17, 15) is 9.18 Å². The zero-order chi connectivity index (χ0) is 18.6. The summed E-state index contributed by atoms with van der Waals surface area (Å²) in [7, 11) is 0. The highest BCUT2D eigenvalue weighted by Gasteiger charge is 2.33. The molecule has 6 heteroatoms. The molecular weight excluding hydrogens is 347 g/mol. The van der Waals surface area contributed by atoms with Crippen molar-refractivity contribution in [2.45, 2.75) is 37.5 Å². The third-order valence-electron chi connectivity index (χ3n) is 4.95. The van der Waals surface area contributed by atoms with Gasteiger partial charge in [-0.3, -0.25) is 4.79 Å². The molecule has 0 saturated carbocycles. The van der Waals surface area contributed by atoms with Crippen LogP contribution in [0.3, 0.4) is 0 Å². The van der Waals surface area contributed by atoms with Gasteiger partial charge in [0, 0.05) is 13.0 Å². The van der Waals surface area contributed by atoms with Crippen LogP contribution >= 0.6 is 0 Å². The third kappa shape index (κ3) is 4.01. The molecule has 2 aliphatic heterocycles. The number of rotatable bonds is 5. The van der Waals surface area contributed by atoms with Gasteiger partial charge in [-0.2, -0.15) is 0 Å². The lowest BCUT2D eigenvalue weighted by molar-refractivity contribution is -0.116. The lowest BCUT2D eigenvalue weighted by Gasteiger charge is -2.24. The van der Waals surface area contributed by atoms with E-state index in [0.717, 1.165) is 24.0 Å². The molecule has 1 N–H and O–H groups in total. The summed E-state index contributed by atoms with van der Waals surface area (Å²) in [6.45, 7) is 0.665. The minimum Gasteiger partial charge on any atom is -0.387 e. The Morgan fingerprint density at radius 3 is 2.63 bits per heavy atom. The van der Waals surface area contributed by atoms with Gasteiger partial charge in [-0.25, -0.2) is 4.39 Å². The molecule has 3 atom stereocenters. The van der Waals surface area contributed by atoms with Crippen LogP contribution in [0.25, 0.3) is 0 Å². The largest absolute Gasteiger partial charge is 0.387 e. The SMILES string of the molecule is O=C(N[C@H](c1ccc(F)cc1)[C@H]1CCCO1)C1=NO[C@H](c2ccccc2)C1. The molecule has 1 amide bonds. The summed E-state index contributed by atoms with van der Waals surface area (Å²) >= 11 is 0. The number of carbonyl (C=O) groups excluding carboxylic acids is 1. The second-order valence-corrected chi connectivity index (χ2v) is 6.80. The number of hydrogen-bond donors (Lipinski definition) is 1. The fourth-order valence-corrected chi connectivity index (χ4v) is 3.51. The first-order chi connectivity index (χ1) is 13.2. The first-order valence-electron chi connectivity index (χ1n) is 9.16. The van der Waals surface area contributed by atoms with Crippen LogP contribution < -0.4 is 5.32 Å². The summed E-state index contributed by atoms with van der Waals surface area (Å²) in [5.74, 6) is -0.589. The molecule has 0 bridgehead atoms. The van der Waals surface area contributed by atoms with Crippen molar-refractivity contribution in [2.75, 3.05) is 6.61 Å². The van der Waals surface area contributed by atoms with Crippen LogP contribution in [0.15, 0.2) is 59.8 Å². The number of nitrogens with zero attached hydrogens (tertiary/aromatic N) is 1. The van der Waals surface area contributed by atoms with Crippen LogP contribution in [-0.4, -0.2) is 24.3 Å². The maximum atomic E-state index is 13.3.